The highest BCUT2D eigenvalue weighted by Crippen LogP contribution is 2.49. The third kappa shape index (κ3) is 3.06. The molecule has 1 aromatic heterocycles. The van der Waals surface area contributed by atoms with Crippen LogP contribution in [0.25, 0.3) is 33.5 Å². The number of rotatable bonds is 3. The van der Waals surface area contributed by atoms with Crippen LogP contribution in [0.5, 0.6) is 0 Å². The topological polar surface area (TPSA) is 12.9 Å². The fourth-order valence-corrected chi connectivity index (χ4v) is 4.84. The number of hydrogen-bond acceptors (Lipinski definition) is 1. The summed E-state index contributed by atoms with van der Waals surface area (Å²) in [5.74, 6) is -0.156. The lowest BCUT2D eigenvalue weighted by molar-refractivity contribution is 0.996. The van der Waals surface area contributed by atoms with Gasteiger partial charge < -0.3 is 0 Å². The van der Waals surface area contributed by atoms with E-state index < -0.39 is 6.85 Å². The summed E-state index contributed by atoms with van der Waals surface area (Å²) in [5, 5.41) is 0. The van der Waals surface area contributed by atoms with Gasteiger partial charge in [-0.15, -0.1) is 0 Å². The molecule has 1 heterocycles. The molecule has 0 saturated carbocycles. The Labute approximate surface area is 193 Å². The molecule has 152 valence electrons. The average molecular weight is 413 g/mol. The zero-order valence-corrected chi connectivity index (χ0v) is 17.5. The average Bonchev–Trinajstić information content (AvgIpc) is 3.23. The van der Waals surface area contributed by atoms with Gasteiger partial charge in [-0.05, 0) is 57.9 Å². The number of nitrogens with zero attached hydrogens (tertiary/aromatic N) is 1. The second kappa shape index (κ2) is 7.62. The minimum absolute atomic E-state index is 0.156. The van der Waals surface area contributed by atoms with Gasteiger partial charge in [0.25, 0.3) is 0 Å². The maximum Gasteiger partial charge on any atom is 0.0705 e. The van der Waals surface area contributed by atoms with Gasteiger partial charge in [0.1, 0.15) is 0 Å². The van der Waals surface area contributed by atoms with E-state index in [4.69, 9.17) is 9.10 Å². The highest BCUT2D eigenvalue weighted by molar-refractivity contribution is 5.83. The number of fused-ring (bicyclic) bond motifs is 3. The Balaban J connectivity index is 1.53. The summed E-state index contributed by atoms with van der Waals surface area (Å²) in [4.78, 5) is 4.83. The predicted octanol–water partition coefficient (Wildman–Crippen LogP) is 7.88. The van der Waals surface area contributed by atoms with Gasteiger partial charge in [-0.25, -0.2) is 0 Å². The molecule has 6 rings (SSSR count). The van der Waals surface area contributed by atoms with Crippen molar-refractivity contribution in [1.29, 1.82) is 0 Å². The van der Waals surface area contributed by atoms with Crippen LogP contribution >= 0.6 is 0 Å². The number of aromatic nitrogens is 1. The van der Waals surface area contributed by atoms with Crippen molar-refractivity contribution >= 4 is 0 Å². The number of pyridine rings is 1. The van der Waals surface area contributed by atoms with Crippen molar-refractivity contribution in [1.82, 2.24) is 4.98 Å². The first kappa shape index (κ1) is 15.8. The van der Waals surface area contributed by atoms with Crippen molar-refractivity contribution in [2.45, 2.75) is 12.8 Å². The molecule has 0 fully saturated rings. The summed E-state index contributed by atoms with van der Waals surface area (Å²) < 4.78 is 24.6. The molecule has 1 unspecified atom stereocenters. The van der Waals surface area contributed by atoms with Gasteiger partial charge in [-0.3, -0.25) is 4.98 Å². The maximum absolute atomic E-state index is 8.20. The lowest BCUT2D eigenvalue weighted by Crippen LogP contribution is -2.01. The first-order valence-corrected chi connectivity index (χ1v) is 10.9. The van der Waals surface area contributed by atoms with Gasteiger partial charge in [0.15, 0.2) is 0 Å². The zero-order valence-electron chi connectivity index (χ0n) is 20.5. The first-order chi connectivity index (χ1) is 17.0. The summed E-state index contributed by atoms with van der Waals surface area (Å²) >= 11 is 0. The summed E-state index contributed by atoms with van der Waals surface area (Å²) in [6.45, 7) is -2.19. The van der Waals surface area contributed by atoms with Crippen LogP contribution in [0.1, 0.15) is 32.3 Å². The van der Waals surface area contributed by atoms with Crippen LogP contribution < -0.4 is 0 Å². The fraction of sp³-hybridized carbons (Fsp3) is 0.0645. The van der Waals surface area contributed by atoms with E-state index in [2.05, 4.69) is 54.6 Å². The van der Waals surface area contributed by atoms with Crippen molar-refractivity contribution in [2.24, 2.45) is 0 Å². The Bertz CT molecular complexity index is 1520. The quantitative estimate of drug-likeness (QED) is 0.288. The van der Waals surface area contributed by atoms with Gasteiger partial charge in [-0.2, -0.15) is 0 Å². The number of hydrogen-bond donors (Lipinski definition) is 0. The maximum atomic E-state index is 8.20. The minimum Gasteiger partial charge on any atom is -0.256 e. The van der Waals surface area contributed by atoms with E-state index in [9.17, 15) is 0 Å². The van der Waals surface area contributed by atoms with E-state index in [0.29, 0.717) is 5.56 Å². The van der Waals surface area contributed by atoms with Gasteiger partial charge in [0.05, 0.1) is 5.69 Å². The Morgan fingerprint density at radius 2 is 1.38 bits per heavy atom. The predicted molar refractivity (Wildman–Crippen MR) is 133 cm³/mol. The first-order valence-electron chi connectivity index (χ1n) is 12.4. The molecule has 0 aliphatic heterocycles. The van der Waals surface area contributed by atoms with Crippen LogP contribution in [0, 0.1) is 6.85 Å². The van der Waals surface area contributed by atoms with Crippen molar-refractivity contribution in [3.63, 3.8) is 0 Å². The van der Waals surface area contributed by atoms with Crippen molar-refractivity contribution in [3.05, 3.63) is 138 Å². The van der Waals surface area contributed by atoms with E-state index >= 15 is 0 Å². The smallest absolute Gasteiger partial charge is 0.0705 e. The van der Waals surface area contributed by atoms with Crippen LogP contribution in [-0.4, -0.2) is 4.98 Å². The third-order valence-electron chi connectivity index (χ3n) is 6.33. The van der Waals surface area contributed by atoms with Gasteiger partial charge in [0.2, 0.25) is 0 Å². The zero-order chi connectivity index (χ0) is 24.0. The lowest BCUT2D eigenvalue weighted by Gasteiger charge is -2.17. The number of aryl methyl sites for hydroxylation is 1. The van der Waals surface area contributed by atoms with Crippen molar-refractivity contribution < 1.29 is 4.11 Å². The van der Waals surface area contributed by atoms with Crippen LogP contribution in [0.15, 0.2) is 115 Å². The molecule has 1 heteroatoms. The Kier molecular flexibility index (Phi) is 3.76. The molecule has 1 aliphatic rings. The largest absolute Gasteiger partial charge is 0.256 e. The van der Waals surface area contributed by atoms with Gasteiger partial charge in [0, 0.05) is 27.4 Å². The molecular weight excluding hydrogens is 386 g/mol. The normalized spacial score (nSPS) is 15.9. The molecule has 32 heavy (non-hydrogen) atoms. The molecule has 0 bridgehead atoms. The molecule has 1 aliphatic carbocycles. The summed E-state index contributed by atoms with van der Waals surface area (Å²) in [7, 11) is 0. The van der Waals surface area contributed by atoms with E-state index in [1.54, 1.807) is 6.07 Å². The Morgan fingerprint density at radius 1 is 0.656 bits per heavy atom. The molecular formula is C31H23N. The molecule has 5 aromatic rings. The van der Waals surface area contributed by atoms with Crippen LogP contribution in [-0.2, 0) is 0 Å². The third-order valence-corrected chi connectivity index (χ3v) is 6.33. The summed E-state index contributed by atoms with van der Waals surface area (Å²) in [6.07, 6.45) is 1.91. The molecule has 0 radical (unpaired) electrons. The highest BCUT2D eigenvalue weighted by Gasteiger charge is 2.31. The van der Waals surface area contributed by atoms with Crippen LogP contribution in [0.2, 0.25) is 0 Å². The van der Waals surface area contributed by atoms with E-state index in [-0.39, 0.29) is 5.92 Å². The molecule has 1 nitrogen and oxygen atoms in total. The van der Waals surface area contributed by atoms with Crippen molar-refractivity contribution in [3.8, 4) is 33.5 Å². The van der Waals surface area contributed by atoms with Crippen LogP contribution in [0.3, 0.4) is 0 Å². The molecule has 0 spiro atoms. The second-order valence-electron chi connectivity index (χ2n) is 8.21. The fourth-order valence-electron chi connectivity index (χ4n) is 4.84. The molecule has 0 N–H and O–H groups in total. The van der Waals surface area contributed by atoms with E-state index in [1.165, 1.54) is 0 Å². The van der Waals surface area contributed by atoms with E-state index in [1.807, 2.05) is 54.7 Å². The molecule has 1 atom stereocenters. The number of benzene rings is 4. The SMILES string of the molecule is [2H]C([2H])([2H])c1cccc2c1C(c1ccccc1)c1cc(-c3cccc(-c4ccccc4)c3)ncc1-2. The van der Waals surface area contributed by atoms with Crippen LogP contribution in [0.4, 0.5) is 0 Å². The lowest BCUT2D eigenvalue weighted by atomic mass is 9.87. The minimum atomic E-state index is -2.19. The van der Waals surface area contributed by atoms with Gasteiger partial charge >= 0.3 is 0 Å². The summed E-state index contributed by atoms with van der Waals surface area (Å²) in [6, 6.07) is 36.6. The molecule has 0 amide bonds. The Hall–Kier alpha value is -3.97. The summed E-state index contributed by atoms with van der Waals surface area (Å²) in [5.41, 5.74) is 9.63. The Morgan fingerprint density at radius 3 is 2.19 bits per heavy atom. The second-order valence-corrected chi connectivity index (χ2v) is 8.21. The molecule has 4 aromatic carbocycles. The standard InChI is InChI=1S/C31H23N/c1-21-10-8-17-26-28-20-32-29(19-27(28)31(30(21)26)23-13-6-3-7-14-23)25-16-9-15-24(18-25)22-11-4-2-5-12-22/h2-20,31H,1H3/i1D3. The monoisotopic (exact) mass is 412 g/mol. The molecule has 0 saturated heterocycles. The van der Waals surface area contributed by atoms with Gasteiger partial charge in [-0.1, -0.05) is 97.1 Å². The highest BCUT2D eigenvalue weighted by atomic mass is 14.7. The van der Waals surface area contributed by atoms with Crippen molar-refractivity contribution in [2.75, 3.05) is 0 Å². The van der Waals surface area contributed by atoms with E-state index in [0.717, 1.165) is 50.2 Å².